The van der Waals surface area contributed by atoms with Gasteiger partial charge in [-0.05, 0) is 17.9 Å². The predicted octanol–water partition coefficient (Wildman–Crippen LogP) is 2.94. The molecule has 1 amide bonds. The Morgan fingerprint density at radius 1 is 1.22 bits per heavy atom. The van der Waals surface area contributed by atoms with Crippen LogP contribution in [0.1, 0.15) is 16.2 Å². The molecule has 4 rings (SSSR count). The van der Waals surface area contributed by atoms with Crippen LogP contribution in [0.4, 0.5) is 13.2 Å². The van der Waals surface area contributed by atoms with E-state index in [1.807, 2.05) is 0 Å². The number of halogens is 4. The molecule has 0 radical (unpaired) electrons. The number of ether oxygens (including phenoxy) is 1. The maximum Gasteiger partial charge on any atom is 0.433 e. The summed E-state index contributed by atoms with van der Waals surface area (Å²) < 4.78 is 43.5. The minimum atomic E-state index is -4.50. The van der Waals surface area contributed by atoms with Crippen molar-refractivity contribution in [3.63, 3.8) is 0 Å². The number of carbonyl (C=O) groups excluding carboxylic acids is 1. The van der Waals surface area contributed by atoms with E-state index in [9.17, 15) is 18.0 Å². The Hall–Kier alpha value is -2.42. The van der Waals surface area contributed by atoms with Gasteiger partial charge in [0, 0.05) is 25.1 Å². The zero-order valence-corrected chi connectivity index (χ0v) is 14.6. The number of hydrogen-bond donors (Lipinski definition) is 0. The quantitative estimate of drug-likeness (QED) is 0.792. The van der Waals surface area contributed by atoms with E-state index in [4.69, 9.17) is 16.3 Å². The lowest BCUT2D eigenvalue weighted by Crippen LogP contribution is -2.33. The average Bonchev–Trinajstić information content (AvgIpc) is 3.08. The zero-order valence-electron chi connectivity index (χ0n) is 13.9. The van der Waals surface area contributed by atoms with Crippen LogP contribution in [0, 0.1) is 17.8 Å². The van der Waals surface area contributed by atoms with Crippen molar-refractivity contribution in [1.29, 1.82) is 0 Å². The van der Waals surface area contributed by atoms with Crippen molar-refractivity contribution in [3.8, 4) is 5.88 Å². The van der Waals surface area contributed by atoms with E-state index in [1.54, 1.807) is 4.90 Å². The summed E-state index contributed by atoms with van der Waals surface area (Å²) in [5.41, 5.74) is -0.778. The van der Waals surface area contributed by atoms with E-state index in [1.165, 1.54) is 24.5 Å². The molecule has 2 aliphatic rings. The Balaban J connectivity index is 1.30. The number of nitrogens with zero attached hydrogens (tertiary/aromatic N) is 4. The molecule has 3 heterocycles. The van der Waals surface area contributed by atoms with Gasteiger partial charge < -0.3 is 9.64 Å². The number of aromatic nitrogens is 3. The molecule has 2 atom stereocenters. The molecule has 1 aliphatic heterocycles. The van der Waals surface area contributed by atoms with Crippen LogP contribution < -0.4 is 4.74 Å². The molecule has 2 fully saturated rings. The smallest absolute Gasteiger partial charge is 0.433 e. The van der Waals surface area contributed by atoms with Gasteiger partial charge in [0.1, 0.15) is 16.5 Å². The lowest BCUT2D eigenvalue weighted by Gasteiger charge is -2.19. The number of amides is 1. The van der Waals surface area contributed by atoms with E-state index in [0.717, 1.165) is 6.07 Å². The van der Waals surface area contributed by atoms with Gasteiger partial charge in [0.05, 0.1) is 19.0 Å². The molecule has 6 nitrogen and oxygen atoms in total. The molecule has 2 unspecified atom stereocenters. The summed E-state index contributed by atoms with van der Waals surface area (Å²) in [4.78, 5) is 25.4. The second kappa shape index (κ2) is 6.63. The number of carbonyl (C=O) groups is 1. The Morgan fingerprint density at radius 2 is 1.96 bits per heavy atom. The highest BCUT2D eigenvalue weighted by molar-refractivity contribution is 6.29. The van der Waals surface area contributed by atoms with Crippen LogP contribution in [0.2, 0.25) is 5.15 Å². The lowest BCUT2D eigenvalue weighted by atomic mass is 10.2. The van der Waals surface area contributed by atoms with Gasteiger partial charge in [0.25, 0.3) is 5.91 Å². The van der Waals surface area contributed by atoms with Gasteiger partial charge in [-0.25, -0.2) is 9.97 Å². The predicted molar refractivity (Wildman–Crippen MR) is 88.1 cm³/mol. The molecule has 10 heteroatoms. The highest BCUT2D eigenvalue weighted by Gasteiger charge is 2.57. The molecule has 0 N–H and O–H groups in total. The molecule has 1 saturated carbocycles. The molecule has 0 bridgehead atoms. The third-order valence-electron chi connectivity index (χ3n) is 4.92. The number of fused-ring (bicyclic) bond motifs is 1. The van der Waals surface area contributed by atoms with Crippen molar-refractivity contribution >= 4 is 17.5 Å². The number of likely N-dealkylation sites (tertiary alicyclic amines) is 1. The van der Waals surface area contributed by atoms with E-state index in [-0.39, 0.29) is 47.0 Å². The van der Waals surface area contributed by atoms with Crippen molar-refractivity contribution in [3.05, 3.63) is 47.1 Å². The fourth-order valence-corrected chi connectivity index (χ4v) is 3.65. The zero-order chi connectivity index (χ0) is 19.2. The molecule has 2 aromatic heterocycles. The molecule has 1 aliphatic carbocycles. The molecular formula is C17H14ClF3N4O2. The van der Waals surface area contributed by atoms with Crippen LogP contribution in [0.15, 0.2) is 30.6 Å². The topological polar surface area (TPSA) is 68.2 Å². The maximum absolute atomic E-state index is 12.7. The summed E-state index contributed by atoms with van der Waals surface area (Å²) in [6.45, 7) is 1.39. The third kappa shape index (κ3) is 3.69. The molecule has 0 aromatic carbocycles. The second-order valence-electron chi connectivity index (χ2n) is 6.60. The van der Waals surface area contributed by atoms with Crippen LogP contribution in [0.25, 0.3) is 0 Å². The molecule has 27 heavy (non-hydrogen) atoms. The summed E-state index contributed by atoms with van der Waals surface area (Å²) >= 11 is 5.76. The Bertz CT molecular complexity index is 867. The summed E-state index contributed by atoms with van der Waals surface area (Å²) in [6, 6.07) is 3.58. The van der Waals surface area contributed by atoms with E-state index < -0.39 is 11.9 Å². The minimum Gasteiger partial charge on any atom is -0.477 e. The first-order valence-electron chi connectivity index (χ1n) is 8.27. The minimum absolute atomic E-state index is 0.0445. The fraction of sp³-hybridized carbons (Fsp3) is 0.412. The van der Waals surface area contributed by atoms with Gasteiger partial charge in [-0.3, -0.25) is 9.78 Å². The molecular weight excluding hydrogens is 385 g/mol. The van der Waals surface area contributed by atoms with Crippen LogP contribution in [0.3, 0.4) is 0 Å². The molecule has 2 aromatic rings. The summed E-state index contributed by atoms with van der Waals surface area (Å²) in [6.07, 6.45) is -1.77. The average molecular weight is 399 g/mol. The van der Waals surface area contributed by atoms with Crippen molar-refractivity contribution in [2.45, 2.75) is 6.18 Å². The Labute approximate surface area is 157 Å². The maximum atomic E-state index is 12.7. The van der Waals surface area contributed by atoms with Crippen LogP contribution in [0.5, 0.6) is 5.88 Å². The Morgan fingerprint density at radius 3 is 2.63 bits per heavy atom. The lowest BCUT2D eigenvalue weighted by molar-refractivity contribution is -0.141. The Kier molecular flexibility index (Phi) is 4.41. The standard InChI is InChI=1S/C17H14ClF3N4O2/c18-14-5-22-4-12(23-14)16(26)25-6-9-10(7-25)11(9)8-27-15-3-1-2-13(24-15)17(19,20)21/h1-5,9-11H,6-8H2. The van der Waals surface area contributed by atoms with Crippen molar-refractivity contribution < 1.29 is 22.7 Å². The number of hydrogen-bond acceptors (Lipinski definition) is 5. The van der Waals surface area contributed by atoms with Gasteiger partial charge >= 0.3 is 6.18 Å². The molecule has 0 spiro atoms. The van der Waals surface area contributed by atoms with Gasteiger partial charge in [-0.2, -0.15) is 13.2 Å². The summed E-state index contributed by atoms with van der Waals surface area (Å²) in [7, 11) is 0. The molecule has 142 valence electrons. The summed E-state index contributed by atoms with van der Waals surface area (Å²) in [5, 5.41) is 0.157. The van der Waals surface area contributed by atoms with Gasteiger partial charge in [-0.15, -0.1) is 0 Å². The highest BCUT2D eigenvalue weighted by atomic mass is 35.5. The number of pyridine rings is 1. The third-order valence-corrected chi connectivity index (χ3v) is 5.10. The monoisotopic (exact) mass is 398 g/mol. The number of alkyl halides is 3. The van der Waals surface area contributed by atoms with E-state index >= 15 is 0 Å². The first kappa shape index (κ1) is 18.0. The SMILES string of the molecule is O=C(c1cncc(Cl)n1)N1CC2C(COc3cccc(C(F)(F)F)n3)C2C1. The van der Waals surface area contributed by atoms with Gasteiger partial charge in [0.15, 0.2) is 0 Å². The van der Waals surface area contributed by atoms with Crippen LogP contribution >= 0.6 is 11.6 Å². The van der Waals surface area contributed by atoms with E-state index in [2.05, 4.69) is 15.0 Å². The largest absolute Gasteiger partial charge is 0.477 e. The van der Waals surface area contributed by atoms with Gasteiger partial charge in [-0.1, -0.05) is 17.7 Å². The number of piperidine rings is 1. The van der Waals surface area contributed by atoms with Crippen LogP contribution in [-0.2, 0) is 6.18 Å². The normalized spacial score (nSPS) is 23.9. The van der Waals surface area contributed by atoms with Crippen molar-refractivity contribution in [1.82, 2.24) is 19.9 Å². The van der Waals surface area contributed by atoms with Gasteiger partial charge in [0.2, 0.25) is 5.88 Å². The highest BCUT2D eigenvalue weighted by Crippen LogP contribution is 2.51. The van der Waals surface area contributed by atoms with Crippen molar-refractivity contribution in [2.24, 2.45) is 17.8 Å². The fourth-order valence-electron chi connectivity index (χ4n) is 3.50. The summed E-state index contributed by atoms with van der Waals surface area (Å²) in [5.74, 6) is 0.475. The number of rotatable bonds is 4. The first-order valence-corrected chi connectivity index (χ1v) is 8.64. The first-order chi connectivity index (χ1) is 12.8. The van der Waals surface area contributed by atoms with Crippen molar-refractivity contribution in [2.75, 3.05) is 19.7 Å². The second-order valence-corrected chi connectivity index (χ2v) is 6.99. The molecule has 1 saturated heterocycles. The van der Waals surface area contributed by atoms with Crippen LogP contribution in [-0.4, -0.2) is 45.5 Å². The van der Waals surface area contributed by atoms with E-state index in [0.29, 0.717) is 13.1 Å².